The number of nitrogens with one attached hydrogen (secondary N) is 1. The van der Waals surface area contributed by atoms with Crippen molar-refractivity contribution in [3.05, 3.63) is 23.9 Å². The number of rotatable bonds is 7. The molecule has 0 unspecified atom stereocenters. The summed E-state index contributed by atoms with van der Waals surface area (Å²) in [6.07, 6.45) is 3.91. The van der Waals surface area contributed by atoms with Crippen LogP contribution in [-0.2, 0) is 4.79 Å². The van der Waals surface area contributed by atoms with Gasteiger partial charge in [-0.3, -0.25) is 4.79 Å². The van der Waals surface area contributed by atoms with E-state index in [1.807, 2.05) is 36.9 Å². The summed E-state index contributed by atoms with van der Waals surface area (Å²) in [6.45, 7) is 8.25. The number of benzene rings is 1. The number of aromatic nitrogens is 2. The van der Waals surface area contributed by atoms with Crippen molar-refractivity contribution in [2.24, 2.45) is 0 Å². The molecule has 0 aliphatic carbocycles. The molecule has 1 N–H and O–H groups in total. The summed E-state index contributed by atoms with van der Waals surface area (Å²) >= 11 is 0. The molecular formula is C20H28N4O2. The highest BCUT2D eigenvalue weighted by atomic mass is 16.5. The fourth-order valence-electron chi connectivity index (χ4n) is 3.42. The monoisotopic (exact) mass is 356 g/mol. The van der Waals surface area contributed by atoms with Crippen LogP contribution < -0.4 is 15.0 Å². The molecule has 1 aliphatic rings. The molecule has 1 aromatic heterocycles. The first kappa shape index (κ1) is 18.4. The van der Waals surface area contributed by atoms with Gasteiger partial charge in [-0.2, -0.15) is 0 Å². The third kappa shape index (κ3) is 3.89. The van der Waals surface area contributed by atoms with E-state index in [0.717, 1.165) is 61.1 Å². The number of hydrogen-bond acceptors (Lipinski definition) is 5. The van der Waals surface area contributed by atoms with Crippen molar-refractivity contribution in [1.29, 1.82) is 0 Å². The van der Waals surface area contributed by atoms with E-state index in [0.29, 0.717) is 12.6 Å². The van der Waals surface area contributed by atoms with Gasteiger partial charge in [-0.15, -0.1) is 0 Å². The Morgan fingerprint density at radius 1 is 1.35 bits per heavy atom. The lowest BCUT2D eigenvalue weighted by Crippen LogP contribution is -2.44. The van der Waals surface area contributed by atoms with Gasteiger partial charge in [0.2, 0.25) is 11.9 Å². The van der Waals surface area contributed by atoms with Gasteiger partial charge < -0.3 is 15.0 Å². The molecule has 1 aromatic carbocycles. The predicted molar refractivity (Wildman–Crippen MR) is 104 cm³/mol. The molecular weight excluding hydrogens is 328 g/mol. The third-order valence-electron chi connectivity index (χ3n) is 4.80. The van der Waals surface area contributed by atoms with Gasteiger partial charge in [0.25, 0.3) is 0 Å². The normalized spacial score (nSPS) is 16.9. The van der Waals surface area contributed by atoms with Gasteiger partial charge in [-0.25, -0.2) is 9.97 Å². The number of ether oxygens (including phenoxy) is 1. The zero-order valence-electron chi connectivity index (χ0n) is 15.9. The molecule has 0 saturated carbocycles. The van der Waals surface area contributed by atoms with E-state index in [-0.39, 0.29) is 11.9 Å². The van der Waals surface area contributed by atoms with Crippen LogP contribution in [0.15, 0.2) is 18.2 Å². The summed E-state index contributed by atoms with van der Waals surface area (Å²) < 4.78 is 5.58. The zero-order chi connectivity index (χ0) is 18.5. The van der Waals surface area contributed by atoms with Crippen LogP contribution in [0.5, 0.6) is 5.75 Å². The molecule has 3 rings (SSSR count). The Morgan fingerprint density at radius 3 is 2.96 bits per heavy atom. The second-order valence-corrected chi connectivity index (χ2v) is 6.72. The van der Waals surface area contributed by atoms with Crippen molar-refractivity contribution < 1.29 is 9.53 Å². The van der Waals surface area contributed by atoms with Gasteiger partial charge in [0.1, 0.15) is 11.8 Å². The van der Waals surface area contributed by atoms with Crippen LogP contribution in [0.4, 0.5) is 5.95 Å². The molecule has 1 saturated heterocycles. The number of carbonyl (C=O) groups is 1. The topological polar surface area (TPSA) is 67.4 Å². The Balaban J connectivity index is 1.84. The van der Waals surface area contributed by atoms with E-state index >= 15 is 0 Å². The maximum atomic E-state index is 12.5. The van der Waals surface area contributed by atoms with Gasteiger partial charge in [-0.05, 0) is 51.3 Å². The number of nitrogens with zero attached hydrogens (tertiary/aromatic N) is 3. The Hall–Kier alpha value is -2.37. The summed E-state index contributed by atoms with van der Waals surface area (Å²) in [5.41, 5.74) is 1.79. The molecule has 140 valence electrons. The highest BCUT2D eigenvalue weighted by Gasteiger charge is 2.32. The number of fused-ring (bicyclic) bond motifs is 1. The molecule has 1 aliphatic heterocycles. The second kappa shape index (κ2) is 8.34. The van der Waals surface area contributed by atoms with Crippen LogP contribution in [0, 0.1) is 6.92 Å². The van der Waals surface area contributed by atoms with E-state index < -0.39 is 0 Å². The molecule has 0 radical (unpaired) electrons. The summed E-state index contributed by atoms with van der Waals surface area (Å²) in [5, 5.41) is 4.03. The van der Waals surface area contributed by atoms with Crippen LogP contribution in [0.25, 0.3) is 10.9 Å². The third-order valence-corrected chi connectivity index (χ3v) is 4.80. The average Bonchev–Trinajstić information content (AvgIpc) is 3.12. The number of anilines is 1. The number of hydrogen-bond donors (Lipinski definition) is 1. The van der Waals surface area contributed by atoms with E-state index in [1.54, 1.807) is 0 Å². The number of aryl methyl sites for hydroxylation is 1. The Morgan fingerprint density at radius 2 is 2.19 bits per heavy atom. The van der Waals surface area contributed by atoms with Crippen molar-refractivity contribution in [1.82, 2.24) is 15.3 Å². The van der Waals surface area contributed by atoms with Gasteiger partial charge >= 0.3 is 0 Å². The summed E-state index contributed by atoms with van der Waals surface area (Å²) in [5.74, 6) is 1.56. The minimum atomic E-state index is -0.175. The molecule has 1 atom stereocenters. The minimum absolute atomic E-state index is 0.0870. The summed E-state index contributed by atoms with van der Waals surface area (Å²) in [7, 11) is 0. The fourth-order valence-corrected chi connectivity index (χ4v) is 3.42. The number of amides is 1. The van der Waals surface area contributed by atoms with E-state index in [9.17, 15) is 4.79 Å². The smallest absolute Gasteiger partial charge is 0.242 e. The van der Waals surface area contributed by atoms with E-state index in [4.69, 9.17) is 14.7 Å². The standard InChI is InChI=1S/C20H28N4O2/c1-4-6-11-21-19(25)18-8-7-12-24(18)20-22-14(3)16-13-15(26-5-2)9-10-17(16)23-20/h9-10,13,18H,4-8,11-12H2,1-3H3,(H,21,25)/t18-/m1/s1. The Bertz CT molecular complexity index is 778. The molecule has 6 heteroatoms. The molecule has 6 nitrogen and oxygen atoms in total. The first-order valence-electron chi connectivity index (χ1n) is 9.59. The molecule has 2 heterocycles. The molecule has 0 bridgehead atoms. The molecule has 0 spiro atoms. The van der Waals surface area contributed by atoms with Crippen molar-refractivity contribution in [3.8, 4) is 5.75 Å². The molecule has 1 amide bonds. The van der Waals surface area contributed by atoms with Crippen LogP contribution in [0.1, 0.15) is 45.2 Å². The van der Waals surface area contributed by atoms with Gasteiger partial charge in [-0.1, -0.05) is 13.3 Å². The lowest BCUT2D eigenvalue weighted by Gasteiger charge is -2.24. The lowest BCUT2D eigenvalue weighted by atomic mass is 10.2. The van der Waals surface area contributed by atoms with Gasteiger partial charge in [0, 0.05) is 18.5 Å². The zero-order valence-corrected chi connectivity index (χ0v) is 15.9. The number of unbranched alkanes of at least 4 members (excludes halogenated alkanes) is 1. The molecule has 2 aromatic rings. The Labute approximate surface area is 155 Å². The Kier molecular flexibility index (Phi) is 5.91. The lowest BCUT2D eigenvalue weighted by molar-refractivity contribution is -0.122. The van der Waals surface area contributed by atoms with Crippen LogP contribution in [0.3, 0.4) is 0 Å². The van der Waals surface area contributed by atoms with Gasteiger partial charge in [0.05, 0.1) is 17.8 Å². The van der Waals surface area contributed by atoms with Crippen molar-refractivity contribution in [2.75, 3.05) is 24.6 Å². The SMILES string of the molecule is CCCCNC(=O)[C@H]1CCCN1c1nc(C)c2cc(OCC)ccc2n1. The van der Waals surface area contributed by atoms with Crippen LogP contribution in [-0.4, -0.2) is 41.6 Å². The summed E-state index contributed by atoms with van der Waals surface area (Å²) in [6, 6.07) is 5.70. The summed E-state index contributed by atoms with van der Waals surface area (Å²) in [4.78, 5) is 24.0. The largest absolute Gasteiger partial charge is 0.494 e. The predicted octanol–water partition coefficient (Wildman–Crippen LogP) is 3.22. The van der Waals surface area contributed by atoms with E-state index in [1.165, 1.54) is 0 Å². The molecule has 26 heavy (non-hydrogen) atoms. The van der Waals surface area contributed by atoms with Crippen molar-refractivity contribution in [3.63, 3.8) is 0 Å². The van der Waals surface area contributed by atoms with Gasteiger partial charge in [0.15, 0.2) is 0 Å². The van der Waals surface area contributed by atoms with Crippen LogP contribution in [0.2, 0.25) is 0 Å². The average molecular weight is 356 g/mol. The fraction of sp³-hybridized carbons (Fsp3) is 0.550. The highest BCUT2D eigenvalue weighted by molar-refractivity contribution is 5.87. The maximum absolute atomic E-state index is 12.5. The quantitative estimate of drug-likeness (QED) is 0.772. The first-order valence-corrected chi connectivity index (χ1v) is 9.59. The highest BCUT2D eigenvalue weighted by Crippen LogP contribution is 2.27. The number of carbonyl (C=O) groups excluding carboxylic acids is 1. The van der Waals surface area contributed by atoms with E-state index in [2.05, 4.69) is 12.2 Å². The first-order chi connectivity index (χ1) is 12.6. The van der Waals surface area contributed by atoms with Crippen molar-refractivity contribution in [2.45, 2.75) is 52.5 Å². The van der Waals surface area contributed by atoms with Crippen molar-refractivity contribution >= 4 is 22.8 Å². The minimum Gasteiger partial charge on any atom is -0.494 e. The second-order valence-electron chi connectivity index (χ2n) is 6.72. The molecule has 1 fully saturated rings. The van der Waals surface area contributed by atoms with Crippen LogP contribution >= 0.6 is 0 Å². The maximum Gasteiger partial charge on any atom is 0.242 e.